The van der Waals surface area contributed by atoms with E-state index in [9.17, 15) is 18.4 Å². The lowest BCUT2D eigenvalue weighted by molar-refractivity contribution is -0.0498. The maximum Gasteiger partial charge on any atom is 0.387 e. The first-order valence-corrected chi connectivity index (χ1v) is 8.83. The minimum absolute atomic E-state index is 0.0607. The average Bonchev–Trinajstić information content (AvgIpc) is 2.89. The Balaban J connectivity index is 1.78. The number of H-pyrrole nitrogens is 1. The van der Waals surface area contributed by atoms with E-state index in [0.29, 0.717) is 10.2 Å². The Morgan fingerprint density at radius 3 is 2.52 bits per heavy atom. The normalized spacial score (nSPS) is 12.4. The Bertz CT molecular complexity index is 1040. The topological polar surface area (TPSA) is 81.3 Å². The number of alkyl halides is 2. The second-order valence-electron chi connectivity index (χ2n) is 5.86. The lowest BCUT2D eigenvalue weighted by Gasteiger charge is -2.13. The number of hydrogen-bond acceptors (Lipinski definition) is 6. The van der Waals surface area contributed by atoms with Crippen molar-refractivity contribution in [2.75, 3.05) is 0 Å². The number of carbonyl (C=O) groups is 1. The summed E-state index contributed by atoms with van der Waals surface area (Å²) in [4.78, 5) is 33.2. The van der Waals surface area contributed by atoms with E-state index in [0.717, 1.165) is 10.4 Å². The summed E-state index contributed by atoms with van der Waals surface area (Å²) in [5, 5.41) is 0.536. The molecule has 0 amide bonds. The van der Waals surface area contributed by atoms with E-state index in [1.807, 2.05) is 13.8 Å². The molecule has 3 rings (SSSR count). The minimum Gasteiger partial charge on any atom is -0.451 e. The van der Waals surface area contributed by atoms with Crippen LogP contribution in [0.4, 0.5) is 8.78 Å². The van der Waals surface area contributed by atoms with Crippen LogP contribution in [0.25, 0.3) is 10.2 Å². The van der Waals surface area contributed by atoms with Gasteiger partial charge in [0.25, 0.3) is 5.56 Å². The van der Waals surface area contributed by atoms with Crippen LogP contribution in [0, 0.1) is 13.8 Å². The van der Waals surface area contributed by atoms with Gasteiger partial charge in [-0.1, -0.05) is 0 Å². The molecule has 9 heteroatoms. The second-order valence-corrected chi connectivity index (χ2v) is 7.07. The maximum absolute atomic E-state index is 12.3. The van der Waals surface area contributed by atoms with Crippen molar-refractivity contribution in [3.63, 3.8) is 0 Å². The number of nitrogens with one attached hydrogen (secondary N) is 1. The van der Waals surface area contributed by atoms with Crippen molar-refractivity contribution < 1.29 is 23.0 Å². The summed E-state index contributed by atoms with van der Waals surface area (Å²) in [5.74, 6) is -0.499. The summed E-state index contributed by atoms with van der Waals surface area (Å²) < 4.78 is 33.9. The molecule has 1 N–H and O–H groups in total. The zero-order chi connectivity index (χ0) is 19.7. The molecule has 0 radical (unpaired) electrons. The van der Waals surface area contributed by atoms with Gasteiger partial charge in [-0.15, -0.1) is 11.3 Å². The first-order valence-electron chi connectivity index (χ1n) is 8.02. The average molecular weight is 394 g/mol. The minimum atomic E-state index is -2.94. The van der Waals surface area contributed by atoms with Gasteiger partial charge in [0.1, 0.15) is 10.6 Å². The van der Waals surface area contributed by atoms with E-state index < -0.39 is 18.7 Å². The number of esters is 1. The Morgan fingerprint density at radius 1 is 1.22 bits per heavy atom. The molecular weight excluding hydrogens is 378 g/mol. The largest absolute Gasteiger partial charge is 0.451 e. The Morgan fingerprint density at radius 2 is 1.89 bits per heavy atom. The Kier molecular flexibility index (Phi) is 5.22. The van der Waals surface area contributed by atoms with E-state index >= 15 is 0 Å². The highest BCUT2D eigenvalue weighted by atomic mass is 32.1. The predicted octanol–water partition coefficient (Wildman–Crippen LogP) is 4.12. The van der Waals surface area contributed by atoms with Crippen LogP contribution >= 0.6 is 11.3 Å². The van der Waals surface area contributed by atoms with Crippen LogP contribution in [0.15, 0.2) is 29.1 Å². The van der Waals surface area contributed by atoms with Gasteiger partial charge in [0.05, 0.1) is 10.9 Å². The number of ether oxygens (including phenoxy) is 2. The fraction of sp³-hybridized carbons (Fsp3) is 0.278. The fourth-order valence-electron chi connectivity index (χ4n) is 2.52. The third-order valence-electron chi connectivity index (χ3n) is 4.04. The lowest BCUT2D eigenvalue weighted by Crippen LogP contribution is -2.17. The van der Waals surface area contributed by atoms with Crippen LogP contribution < -0.4 is 10.3 Å². The third kappa shape index (κ3) is 3.97. The molecule has 0 unspecified atom stereocenters. The number of hydrogen-bond donors (Lipinski definition) is 1. The molecule has 6 nitrogen and oxygen atoms in total. The number of aromatic amines is 1. The molecule has 1 aromatic carbocycles. The van der Waals surface area contributed by atoms with Gasteiger partial charge < -0.3 is 14.5 Å². The molecule has 2 aromatic heterocycles. The lowest BCUT2D eigenvalue weighted by atomic mass is 10.2. The number of nitrogens with zero attached hydrogens (tertiary/aromatic N) is 1. The first-order chi connectivity index (χ1) is 12.8. The summed E-state index contributed by atoms with van der Waals surface area (Å²) in [6.07, 6.45) is -0.797. The molecule has 27 heavy (non-hydrogen) atoms. The molecule has 0 aliphatic heterocycles. The van der Waals surface area contributed by atoms with Crippen molar-refractivity contribution in [3.05, 3.63) is 56.4 Å². The number of carbonyl (C=O) groups excluding carboxylic acids is 1. The van der Waals surface area contributed by atoms with Gasteiger partial charge in [0, 0.05) is 4.88 Å². The molecule has 142 valence electrons. The summed E-state index contributed by atoms with van der Waals surface area (Å²) in [5.41, 5.74) is 0.758. The molecule has 0 aliphatic carbocycles. The van der Waals surface area contributed by atoms with E-state index in [4.69, 9.17) is 4.74 Å². The van der Waals surface area contributed by atoms with Crippen LogP contribution in [0.1, 0.15) is 39.7 Å². The van der Waals surface area contributed by atoms with Crippen molar-refractivity contribution in [2.45, 2.75) is 33.5 Å². The molecule has 0 fully saturated rings. The summed E-state index contributed by atoms with van der Waals surface area (Å²) in [6, 6.07) is 5.13. The van der Waals surface area contributed by atoms with Crippen LogP contribution in [0.2, 0.25) is 0 Å². The van der Waals surface area contributed by atoms with Gasteiger partial charge in [-0.2, -0.15) is 8.78 Å². The molecule has 0 aliphatic rings. The summed E-state index contributed by atoms with van der Waals surface area (Å²) in [6.45, 7) is 2.41. The molecular formula is C18H16F2N2O4S. The maximum atomic E-state index is 12.3. The zero-order valence-corrected chi connectivity index (χ0v) is 15.5. The number of rotatable bonds is 5. The van der Waals surface area contributed by atoms with Crippen LogP contribution in [0.5, 0.6) is 5.75 Å². The molecule has 0 saturated carbocycles. The summed E-state index contributed by atoms with van der Waals surface area (Å²) in [7, 11) is 0. The highest BCUT2D eigenvalue weighted by Crippen LogP contribution is 2.27. The number of halogens is 2. The van der Waals surface area contributed by atoms with Crippen molar-refractivity contribution in [1.82, 2.24) is 9.97 Å². The number of benzene rings is 1. The molecule has 2 heterocycles. The van der Waals surface area contributed by atoms with E-state index in [1.54, 1.807) is 6.92 Å². The van der Waals surface area contributed by atoms with Crippen molar-refractivity contribution in [3.8, 4) is 5.75 Å². The molecule has 1 atom stereocenters. The van der Waals surface area contributed by atoms with E-state index in [1.165, 1.54) is 35.6 Å². The molecule has 0 saturated heterocycles. The number of aromatic nitrogens is 2. The third-order valence-corrected chi connectivity index (χ3v) is 5.14. The van der Waals surface area contributed by atoms with Gasteiger partial charge in [0.2, 0.25) is 0 Å². The van der Waals surface area contributed by atoms with E-state index in [2.05, 4.69) is 14.7 Å². The van der Waals surface area contributed by atoms with Gasteiger partial charge in [0.15, 0.2) is 11.9 Å². The highest BCUT2D eigenvalue weighted by molar-refractivity contribution is 7.18. The standard InChI is InChI=1S/C18H16F2N2O4S/c1-8-10(3)27-16-13(8)15(23)21-14(22-16)9(2)25-17(24)11-4-6-12(7-5-11)26-18(19)20/h4-7,9,18H,1-3H3,(H,21,22,23)/t9-/m0/s1. The van der Waals surface area contributed by atoms with Crippen molar-refractivity contribution in [2.24, 2.45) is 0 Å². The van der Waals surface area contributed by atoms with Gasteiger partial charge in [-0.25, -0.2) is 9.78 Å². The molecule has 0 bridgehead atoms. The predicted molar refractivity (Wildman–Crippen MR) is 96.6 cm³/mol. The van der Waals surface area contributed by atoms with Crippen LogP contribution in [0.3, 0.4) is 0 Å². The second kappa shape index (κ2) is 7.43. The first kappa shape index (κ1) is 19.0. The monoisotopic (exact) mass is 394 g/mol. The smallest absolute Gasteiger partial charge is 0.387 e. The molecule has 3 aromatic rings. The zero-order valence-electron chi connectivity index (χ0n) is 14.7. The quantitative estimate of drug-likeness (QED) is 0.659. The van der Waals surface area contributed by atoms with Gasteiger partial charge in [-0.05, 0) is 50.6 Å². The van der Waals surface area contributed by atoms with Gasteiger partial charge in [-0.3, -0.25) is 4.79 Å². The van der Waals surface area contributed by atoms with Crippen LogP contribution in [-0.4, -0.2) is 22.5 Å². The Labute approximate surface area is 156 Å². The fourth-order valence-corrected chi connectivity index (χ4v) is 3.56. The van der Waals surface area contributed by atoms with Crippen molar-refractivity contribution in [1.29, 1.82) is 0 Å². The van der Waals surface area contributed by atoms with Crippen molar-refractivity contribution >= 4 is 27.5 Å². The number of fused-ring (bicyclic) bond motifs is 1. The highest BCUT2D eigenvalue weighted by Gasteiger charge is 2.19. The summed E-state index contributed by atoms with van der Waals surface area (Å²) >= 11 is 1.40. The molecule has 0 spiro atoms. The Hall–Kier alpha value is -2.81. The van der Waals surface area contributed by atoms with Crippen LogP contribution in [-0.2, 0) is 4.74 Å². The number of thiophene rings is 1. The van der Waals surface area contributed by atoms with E-state index in [-0.39, 0.29) is 22.7 Å². The van der Waals surface area contributed by atoms with Gasteiger partial charge >= 0.3 is 12.6 Å². The number of aryl methyl sites for hydroxylation is 2. The SMILES string of the molecule is Cc1sc2nc([C@H](C)OC(=O)c3ccc(OC(F)F)cc3)[nH]c(=O)c2c1C.